The Morgan fingerprint density at radius 1 is 1.21 bits per heavy atom. The molecule has 0 radical (unpaired) electrons. The molecule has 0 aliphatic heterocycles. The van der Waals surface area contributed by atoms with Crippen LogP contribution in [0.25, 0.3) is 0 Å². The lowest BCUT2D eigenvalue weighted by molar-refractivity contribution is -0.139. The summed E-state index contributed by atoms with van der Waals surface area (Å²) in [6.45, 7) is 4.99. The summed E-state index contributed by atoms with van der Waals surface area (Å²) in [5.74, 6) is -0.831. The summed E-state index contributed by atoms with van der Waals surface area (Å²) in [6.07, 6.45) is 0. The molecule has 0 saturated carbocycles. The first-order valence-electron chi connectivity index (χ1n) is 5.79. The van der Waals surface area contributed by atoms with Gasteiger partial charge < -0.3 is 21.3 Å². The number of nitrogens with two attached hydrogens (primary N) is 1. The Labute approximate surface area is 112 Å². The molecule has 19 heavy (non-hydrogen) atoms. The van der Waals surface area contributed by atoms with E-state index in [4.69, 9.17) is 15.9 Å². The van der Waals surface area contributed by atoms with E-state index in [0.717, 1.165) is 0 Å². The first kappa shape index (κ1) is 16.9. The van der Waals surface area contributed by atoms with Gasteiger partial charge in [0.25, 0.3) is 0 Å². The third-order valence-electron chi connectivity index (χ3n) is 2.19. The maximum atomic E-state index is 10.5. The standard InChI is InChI=1S/C8H9NO2.C5H11NO2/c1-6(10)9-7-2-4-8(11)5-3-7;1-3(2)4(6)5(7)8/h2-5,11H,1H3,(H,9,10);3-4H,6H2,1-2H3,(H,7,8). The Bertz CT molecular complexity index is 415. The second-order valence-corrected chi connectivity index (χ2v) is 4.34. The number of rotatable bonds is 3. The van der Waals surface area contributed by atoms with Crippen LogP contribution in [0.4, 0.5) is 5.69 Å². The van der Waals surface area contributed by atoms with Gasteiger partial charge in [-0.1, -0.05) is 13.8 Å². The van der Waals surface area contributed by atoms with Gasteiger partial charge >= 0.3 is 5.97 Å². The lowest BCUT2D eigenvalue weighted by Crippen LogP contribution is -2.34. The Balaban J connectivity index is 0.000000362. The number of carbonyl (C=O) groups excluding carboxylic acids is 1. The molecule has 1 atom stereocenters. The van der Waals surface area contributed by atoms with Gasteiger partial charge in [-0.2, -0.15) is 0 Å². The zero-order valence-corrected chi connectivity index (χ0v) is 11.3. The van der Waals surface area contributed by atoms with Crippen molar-refractivity contribution in [1.29, 1.82) is 0 Å². The van der Waals surface area contributed by atoms with Gasteiger partial charge in [-0.05, 0) is 30.2 Å². The molecule has 0 heterocycles. The van der Waals surface area contributed by atoms with Gasteiger partial charge in [0.05, 0.1) is 0 Å². The van der Waals surface area contributed by atoms with Gasteiger partial charge in [0, 0.05) is 12.6 Å². The minimum atomic E-state index is -0.931. The quantitative estimate of drug-likeness (QED) is 0.619. The Morgan fingerprint density at radius 2 is 1.68 bits per heavy atom. The molecule has 106 valence electrons. The second-order valence-electron chi connectivity index (χ2n) is 4.34. The highest BCUT2D eigenvalue weighted by Crippen LogP contribution is 2.13. The van der Waals surface area contributed by atoms with Crippen molar-refractivity contribution in [3.8, 4) is 5.75 Å². The molecule has 0 aliphatic rings. The maximum absolute atomic E-state index is 10.5. The third kappa shape index (κ3) is 7.77. The topological polar surface area (TPSA) is 113 Å². The highest BCUT2D eigenvalue weighted by molar-refractivity contribution is 5.88. The molecule has 1 aromatic carbocycles. The molecular weight excluding hydrogens is 248 g/mol. The van der Waals surface area contributed by atoms with Crippen molar-refractivity contribution in [3.05, 3.63) is 24.3 Å². The van der Waals surface area contributed by atoms with Crippen LogP contribution in [0.5, 0.6) is 5.75 Å². The van der Waals surface area contributed by atoms with Crippen LogP contribution < -0.4 is 11.1 Å². The van der Waals surface area contributed by atoms with E-state index < -0.39 is 12.0 Å². The van der Waals surface area contributed by atoms with E-state index in [0.29, 0.717) is 5.69 Å². The fraction of sp³-hybridized carbons (Fsp3) is 0.385. The van der Waals surface area contributed by atoms with E-state index in [1.165, 1.54) is 19.1 Å². The highest BCUT2D eigenvalue weighted by Gasteiger charge is 2.14. The molecule has 6 nitrogen and oxygen atoms in total. The average Bonchev–Trinajstić information content (AvgIpc) is 2.31. The zero-order chi connectivity index (χ0) is 15.0. The number of benzene rings is 1. The zero-order valence-electron chi connectivity index (χ0n) is 11.3. The molecule has 1 unspecified atom stereocenters. The first-order valence-corrected chi connectivity index (χ1v) is 5.79. The van der Waals surface area contributed by atoms with Crippen molar-refractivity contribution in [3.63, 3.8) is 0 Å². The second kappa shape index (κ2) is 8.10. The van der Waals surface area contributed by atoms with Gasteiger partial charge in [-0.25, -0.2) is 0 Å². The SMILES string of the molecule is CC(=O)Nc1ccc(O)cc1.CC(C)C(N)C(=O)O. The fourth-order valence-electron chi connectivity index (χ4n) is 1.03. The van der Waals surface area contributed by atoms with E-state index in [1.54, 1.807) is 26.0 Å². The predicted molar refractivity (Wildman–Crippen MR) is 72.9 cm³/mol. The summed E-state index contributed by atoms with van der Waals surface area (Å²) in [5, 5.41) is 19.7. The van der Waals surface area contributed by atoms with Crippen LogP contribution >= 0.6 is 0 Å². The number of carboxylic acid groups (broad SMARTS) is 1. The Kier molecular flexibility index (Phi) is 7.21. The van der Waals surface area contributed by atoms with E-state index in [2.05, 4.69) is 5.32 Å². The number of phenolic OH excluding ortho intramolecular Hbond substituents is 1. The summed E-state index contributed by atoms with van der Waals surface area (Å²) in [7, 11) is 0. The number of aromatic hydroxyl groups is 1. The monoisotopic (exact) mass is 268 g/mol. The van der Waals surface area contributed by atoms with Crippen molar-refractivity contribution < 1.29 is 19.8 Å². The number of carboxylic acids is 1. The van der Waals surface area contributed by atoms with E-state index in [1.807, 2.05) is 0 Å². The number of anilines is 1. The van der Waals surface area contributed by atoms with E-state index in [9.17, 15) is 9.59 Å². The molecule has 0 aliphatic carbocycles. The van der Waals surface area contributed by atoms with Gasteiger partial charge in [-0.3, -0.25) is 9.59 Å². The summed E-state index contributed by atoms with van der Waals surface area (Å²) in [4.78, 5) is 20.5. The summed E-state index contributed by atoms with van der Waals surface area (Å²) >= 11 is 0. The molecule has 0 fully saturated rings. The van der Waals surface area contributed by atoms with Crippen LogP contribution in [0.15, 0.2) is 24.3 Å². The molecular formula is C13H20N2O4. The van der Waals surface area contributed by atoms with Crippen LogP contribution in [0.2, 0.25) is 0 Å². The van der Waals surface area contributed by atoms with Gasteiger partial charge in [0.1, 0.15) is 11.8 Å². The first-order chi connectivity index (χ1) is 8.73. The van der Waals surface area contributed by atoms with Crippen molar-refractivity contribution in [2.75, 3.05) is 5.32 Å². The number of hydrogen-bond donors (Lipinski definition) is 4. The molecule has 1 amide bonds. The summed E-state index contributed by atoms with van der Waals surface area (Å²) < 4.78 is 0. The molecule has 0 aromatic heterocycles. The van der Waals surface area contributed by atoms with Gasteiger partial charge in [-0.15, -0.1) is 0 Å². The van der Waals surface area contributed by atoms with Gasteiger partial charge in [0.15, 0.2) is 0 Å². The maximum Gasteiger partial charge on any atom is 0.320 e. The van der Waals surface area contributed by atoms with Gasteiger partial charge in [0.2, 0.25) is 5.91 Å². The largest absolute Gasteiger partial charge is 0.508 e. The summed E-state index contributed by atoms with van der Waals surface area (Å²) in [6, 6.07) is 5.60. The van der Waals surface area contributed by atoms with Crippen molar-refractivity contribution in [2.24, 2.45) is 11.7 Å². The number of carbonyl (C=O) groups is 2. The molecule has 1 rings (SSSR count). The molecule has 0 bridgehead atoms. The lowest BCUT2D eigenvalue weighted by atomic mass is 10.1. The fourth-order valence-corrected chi connectivity index (χ4v) is 1.03. The number of nitrogens with one attached hydrogen (secondary N) is 1. The van der Waals surface area contributed by atoms with E-state index >= 15 is 0 Å². The van der Waals surface area contributed by atoms with Crippen molar-refractivity contribution >= 4 is 17.6 Å². The molecule has 0 spiro atoms. The van der Waals surface area contributed by atoms with Crippen LogP contribution in [-0.2, 0) is 9.59 Å². The van der Waals surface area contributed by atoms with Crippen LogP contribution in [0, 0.1) is 5.92 Å². The summed E-state index contributed by atoms with van der Waals surface area (Å²) in [5.41, 5.74) is 5.85. The van der Waals surface area contributed by atoms with Crippen LogP contribution in [0.3, 0.4) is 0 Å². The number of amides is 1. The number of phenols is 1. The smallest absolute Gasteiger partial charge is 0.320 e. The lowest BCUT2D eigenvalue weighted by Gasteiger charge is -2.07. The minimum absolute atomic E-state index is 0.0208. The predicted octanol–water partition coefficient (Wildman–Crippen LogP) is 1.40. The van der Waals surface area contributed by atoms with E-state index in [-0.39, 0.29) is 17.6 Å². The third-order valence-corrected chi connectivity index (χ3v) is 2.19. The normalized spacial score (nSPS) is 11.2. The van der Waals surface area contributed by atoms with Crippen molar-refractivity contribution in [2.45, 2.75) is 26.8 Å². The Hall–Kier alpha value is -2.08. The minimum Gasteiger partial charge on any atom is -0.508 e. The number of aliphatic carboxylic acids is 1. The average molecular weight is 268 g/mol. The molecule has 0 saturated heterocycles. The molecule has 1 aromatic rings. The van der Waals surface area contributed by atoms with Crippen molar-refractivity contribution in [1.82, 2.24) is 0 Å². The van der Waals surface area contributed by atoms with Crippen LogP contribution in [-0.4, -0.2) is 28.1 Å². The van der Waals surface area contributed by atoms with Crippen LogP contribution in [0.1, 0.15) is 20.8 Å². The highest BCUT2D eigenvalue weighted by atomic mass is 16.4. The number of hydrogen-bond acceptors (Lipinski definition) is 4. The molecule has 6 heteroatoms. The Morgan fingerprint density at radius 3 is 1.95 bits per heavy atom. The molecule has 5 N–H and O–H groups in total.